The highest BCUT2D eigenvalue weighted by molar-refractivity contribution is 9.10. The van der Waals surface area contributed by atoms with Crippen LogP contribution in [0.1, 0.15) is 44.2 Å². The minimum Gasteiger partial charge on any atom is -0.390 e. The number of nitrogen functional groups attached to an aromatic ring is 1. The topological polar surface area (TPSA) is 72.0 Å². The Kier molecular flexibility index (Phi) is 3.17. The molecule has 0 amide bonds. The molecule has 1 fully saturated rings. The number of aromatic nitrogens is 2. The number of aliphatic hydroxyl groups is 1. The Morgan fingerprint density at radius 2 is 2.12 bits per heavy atom. The second-order valence-electron chi connectivity index (χ2n) is 4.74. The molecule has 1 saturated carbocycles. The maximum Gasteiger partial charge on any atom is 0.156 e. The summed E-state index contributed by atoms with van der Waals surface area (Å²) in [5.74, 6) is 0.816. The van der Waals surface area contributed by atoms with Crippen molar-refractivity contribution in [3.63, 3.8) is 0 Å². The molecule has 1 aliphatic rings. The predicted octanol–water partition coefficient (Wildman–Crippen LogP) is 2.23. The molecule has 4 nitrogen and oxygen atoms in total. The molecule has 1 aromatic rings. The van der Waals surface area contributed by atoms with Crippen molar-refractivity contribution in [1.82, 2.24) is 9.97 Å². The van der Waals surface area contributed by atoms with E-state index in [-0.39, 0.29) is 0 Å². The molecule has 5 heteroatoms. The van der Waals surface area contributed by atoms with E-state index in [2.05, 4.69) is 25.9 Å². The van der Waals surface area contributed by atoms with Crippen molar-refractivity contribution in [2.45, 2.75) is 44.1 Å². The first-order valence-corrected chi connectivity index (χ1v) is 6.27. The van der Waals surface area contributed by atoms with Crippen molar-refractivity contribution in [3.05, 3.63) is 16.5 Å². The minimum absolute atomic E-state index is 0.393. The lowest BCUT2D eigenvalue weighted by molar-refractivity contribution is 0.0168. The third kappa shape index (κ3) is 2.52. The molecule has 1 heterocycles. The van der Waals surface area contributed by atoms with Gasteiger partial charge in [0.05, 0.1) is 17.5 Å². The molecule has 2 rings (SSSR count). The molecule has 0 unspecified atom stereocenters. The van der Waals surface area contributed by atoms with Crippen molar-refractivity contribution in [2.24, 2.45) is 0 Å². The van der Waals surface area contributed by atoms with Crippen LogP contribution >= 0.6 is 15.9 Å². The van der Waals surface area contributed by atoms with E-state index in [4.69, 9.17) is 5.73 Å². The van der Waals surface area contributed by atoms with Crippen molar-refractivity contribution >= 4 is 21.7 Å². The first-order chi connectivity index (χ1) is 7.48. The van der Waals surface area contributed by atoms with E-state index < -0.39 is 5.60 Å². The van der Waals surface area contributed by atoms with E-state index in [1.165, 1.54) is 0 Å². The lowest BCUT2D eigenvalue weighted by Crippen LogP contribution is -2.29. The summed E-state index contributed by atoms with van der Waals surface area (Å²) in [6, 6.07) is 0. The molecule has 16 heavy (non-hydrogen) atoms. The van der Waals surface area contributed by atoms with Gasteiger partial charge in [-0.25, -0.2) is 9.97 Å². The predicted molar refractivity (Wildman–Crippen MR) is 66.0 cm³/mol. The van der Waals surface area contributed by atoms with Crippen LogP contribution in [0.25, 0.3) is 0 Å². The van der Waals surface area contributed by atoms with Crippen LogP contribution in [-0.4, -0.2) is 20.7 Å². The van der Waals surface area contributed by atoms with Gasteiger partial charge in [-0.2, -0.15) is 0 Å². The second-order valence-corrected chi connectivity index (χ2v) is 5.49. The fourth-order valence-electron chi connectivity index (χ4n) is 2.12. The number of hydrogen-bond donors (Lipinski definition) is 2. The van der Waals surface area contributed by atoms with E-state index in [9.17, 15) is 5.11 Å². The van der Waals surface area contributed by atoms with Crippen molar-refractivity contribution in [1.29, 1.82) is 0 Å². The number of anilines is 1. The fourth-order valence-corrected chi connectivity index (χ4v) is 2.43. The van der Waals surface area contributed by atoms with Gasteiger partial charge in [0.25, 0.3) is 0 Å². The lowest BCUT2D eigenvalue weighted by atomic mass is 9.79. The maximum absolute atomic E-state index is 9.87. The number of nitrogens with zero attached hydrogens (tertiary/aromatic N) is 2. The zero-order valence-corrected chi connectivity index (χ0v) is 10.9. The molecule has 0 aliphatic heterocycles. The summed E-state index contributed by atoms with van der Waals surface area (Å²) in [7, 11) is 0. The summed E-state index contributed by atoms with van der Waals surface area (Å²) in [6.07, 6.45) is 5.30. The summed E-state index contributed by atoms with van der Waals surface area (Å²) >= 11 is 3.29. The van der Waals surface area contributed by atoms with Gasteiger partial charge >= 0.3 is 0 Å². The van der Waals surface area contributed by atoms with Crippen LogP contribution in [-0.2, 0) is 0 Å². The number of halogens is 1. The summed E-state index contributed by atoms with van der Waals surface area (Å²) in [6.45, 7) is 1.90. The van der Waals surface area contributed by atoms with Gasteiger partial charge in [0, 0.05) is 5.92 Å². The van der Waals surface area contributed by atoms with Gasteiger partial charge in [-0.05, 0) is 48.5 Å². The number of nitrogens with two attached hydrogens (primary N) is 1. The van der Waals surface area contributed by atoms with Crippen LogP contribution in [0.3, 0.4) is 0 Å². The van der Waals surface area contributed by atoms with Crippen LogP contribution < -0.4 is 5.73 Å². The summed E-state index contributed by atoms with van der Waals surface area (Å²) in [5, 5.41) is 9.87. The largest absolute Gasteiger partial charge is 0.390 e. The average molecular weight is 286 g/mol. The van der Waals surface area contributed by atoms with E-state index in [1.807, 2.05) is 6.92 Å². The van der Waals surface area contributed by atoms with Gasteiger partial charge in [0.2, 0.25) is 0 Å². The van der Waals surface area contributed by atoms with Gasteiger partial charge in [-0.15, -0.1) is 0 Å². The van der Waals surface area contributed by atoms with Crippen molar-refractivity contribution in [2.75, 3.05) is 5.73 Å². The first kappa shape index (κ1) is 11.8. The highest BCUT2D eigenvalue weighted by atomic mass is 79.9. The second kappa shape index (κ2) is 4.30. The molecule has 0 bridgehead atoms. The van der Waals surface area contributed by atoms with Gasteiger partial charge in [-0.3, -0.25) is 0 Å². The van der Waals surface area contributed by atoms with Crippen LogP contribution in [0.2, 0.25) is 0 Å². The monoisotopic (exact) mass is 285 g/mol. The molecule has 0 atom stereocenters. The number of rotatable bonds is 1. The Morgan fingerprint density at radius 1 is 1.50 bits per heavy atom. The highest BCUT2D eigenvalue weighted by Crippen LogP contribution is 2.37. The van der Waals surface area contributed by atoms with Crippen LogP contribution in [0.4, 0.5) is 5.82 Å². The number of hydrogen-bond acceptors (Lipinski definition) is 4. The van der Waals surface area contributed by atoms with Gasteiger partial charge in [-0.1, -0.05) is 0 Å². The maximum atomic E-state index is 9.87. The SMILES string of the molecule is CC1(O)CCC(c2cnc(N)c(Br)n2)CC1. The van der Waals surface area contributed by atoms with Gasteiger partial charge < -0.3 is 10.8 Å². The smallest absolute Gasteiger partial charge is 0.156 e. The third-order valence-electron chi connectivity index (χ3n) is 3.26. The summed E-state index contributed by atoms with van der Waals surface area (Å²) in [4.78, 5) is 8.49. The molecule has 0 radical (unpaired) electrons. The van der Waals surface area contributed by atoms with Gasteiger partial charge in [0.15, 0.2) is 5.82 Å². The Morgan fingerprint density at radius 3 is 2.69 bits per heavy atom. The van der Waals surface area contributed by atoms with Gasteiger partial charge in [0.1, 0.15) is 4.60 Å². The molecule has 3 N–H and O–H groups in total. The zero-order chi connectivity index (χ0) is 11.8. The van der Waals surface area contributed by atoms with Crippen LogP contribution in [0, 0.1) is 0 Å². The fraction of sp³-hybridized carbons (Fsp3) is 0.636. The standard InChI is InChI=1S/C11H16BrN3O/c1-11(16)4-2-7(3-5-11)8-6-14-10(13)9(12)15-8/h6-7,16H,2-5H2,1H3,(H2,13,14). The molecule has 1 aromatic heterocycles. The van der Waals surface area contributed by atoms with E-state index in [1.54, 1.807) is 6.20 Å². The van der Waals surface area contributed by atoms with Crippen LogP contribution in [0.5, 0.6) is 0 Å². The molecule has 0 spiro atoms. The van der Waals surface area contributed by atoms with E-state index in [0.29, 0.717) is 16.3 Å². The van der Waals surface area contributed by atoms with E-state index in [0.717, 1.165) is 31.4 Å². The Hall–Kier alpha value is -0.680. The normalized spacial score (nSPS) is 30.3. The minimum atomic E-state index is -0.505. The van der Waals surface area contributed by atoms with Crippen LogP contribution in [0.15, 0.2) is 10.8 Å². The van der Waals surface area contributed by atoms with E-state index >= 15 is 0 Å². The lowest BCUT2D eigenvalue weighted by Gasteiger charge is -2.32. The summed E-state index contributed by atoms with van der Waals surface area (Å²) < 4.78 is 0.613. The summed E-state index contributed by atoms with van der Waals surface area (Å²) in [5.41, 5.74) is 6.06. The first-order valence-electron chi connectivity index (χ1n) is 5.48. The zero-order valence-electron chi connectivity index (χ0n) is 9.28. The molecule has 1 aliphatic carbocycles. The van der Waals surface area contributed by atoms with Crippen molar-refractivity contribution < 1.29 is 5.11 Å². The molecular formula is C11H16BrN3O. The Balaban J connectivity index is 2.11. The quantitative estimate of drug-likeness (QED) is 0.830. The molecule has 0 aromatic carbocycles. The average Bonchev–Trinajstić information content (AvgIpc) is 2.22. The highest BCUT2D eigenvalue weighted by Gasteiger charge is 2.30. The molecular weight excluding hydrogens is 270 g/mol. The Bertz CT molecular complexity index is 385. The van der Waals surface area contributed by atoms with Crippen molar-refractivity contribution in [3.8, 4) is 0 Å². The molecule has 88 valence electrons. The third-order valence-corrected chi connectivity index (χ3v) is 3.84. The molecule has 0 saturated heterocycles. The Labute approximate surface area is 103 Å².